The highest BCUT2D eigenvalue weighted by atomic mass is 16.6. The summed E-state index contributed by atoms with van der Waals surface area (Å²) in [4.78, 5) is 14.0. The van der Waals surface area contributed by atoms with Gasteiger partial charge in [0.2, 0.25) is 0 Å². The Hall–Kier alpha value is -0.810. The van der Waals surface area contributed by atoms with Gasteiger partial charge in [-0.2, -0.15) is 0 Å². The Balaban J connectivity index is 2.16. The molecule has 1 atom stereocenters. The van der Waals surface area contributed by atoms with Gasteiger partial charge in [-0.3, -0.25) is 0 Å². The van der Waals surface area contributed by atoms with Gasteiger partial charge in [0.1, 0.15) is 5.60 Å². The minimum absolute atomic E-state index is 0.176. The number of likely N-dealkylation sites (tertiary alicyclic amines) is 1. The normalized spacial score (nSPS) is 19.3. The topological polar surface area (TPSA) is 50.8 Å². The number of nitrogens with zero attached hydrogens (tertiary/aromatic N) is 1. The van der Waals surface area contributed by atoms with Crippen molar-refractivity contribution in [1.29, 1.82) is 0 Å². The molecule has 0 spiro atoms. The first kappa shape index (κ1) is 19.2. The van der Waals surface area contributed by atoms with E-state index in [0.717, 1.165) is 58.7 Å². The van der Waals surface area contributed by atoms with Gasteiger partial charge in [-0.15, -0.1) is 0 Å². The predicted molar refractivity (Wildman–Crippen MR) is 89.1 cm³/mol. The van der Waals surface area contributed by atoms with Gasteiger partial charge in [0, 0.05) is 26.3 Å². The number of carbonyl (C=O) groups is 1. The van der Waals surface area contributed by atoms with Crippen LogP contribution in [0.2, 0.25) is 0 Å². The van der Waals surface area contributed by atoms with Crippen LogP contribution in [-0.4, -0.2) is 56.0 Å². The fourth-order valence-electron chi connectivity index (χ4n) is 2.58. The van der Waals surface area contributed by atoms with E-state index in [0.29, 0.717) is 5.92 Å². The number of carbonyl (C=O) groups excluding carboxylic acids is 1. The summed E-state index contributed by atoms with van der Waals surface area (Å²) in [5.74, 6) is 0.526. The third-order valence-electron chi connectivity index (χ3n) is 3.59. The number of rotatable bonds is 8. The van der Waals surface area contributed by atoms with Crippen LogP contribution >= 0.6 is 0 Å². The van der Waals surface area contributed by atoms with Gasteiger partial charge < -0.3 is 19.7 Å². The lowest BCUT2D eigenvalue weighted by Gasteiger charge is -2.34. The van der Waals surface area contributed by atoms with Gasteiger partial charge >= 0.3 is 6.09 Å². The van der Waals surface area contributed by atoms with E-state index >= 15 is 0 Å². The van der Waals surface area contributed by atoms with Crippen molar-refractivity contribution >= 4 is 6.09 Å². The molecule has 22 heavy (non-hydrogen) atoms. The molecular formula is C17H34N2O3. The van der Waals surface area contributed by atoms with Crippen LogP contribution in [-0.2, 0) is 9.47 Å². The lowest BCUT2D eigenvalue weighted by Crippen LogP contribution is -2.45. The smallest absolute Gasteiger partial charge is 0.410 e. The molecule has 0 aliphatic carbocycles. The quantitative estimate of drug-likeness (QED) is 0.700. The molecule has 0 radical (unpaired) electrons. The predicted octanol–water partition coefficient (Wildman–Crippen LogP) is 3.04. The summed E-state index contributed by atoms with van der Waals surface area (Å²) >= 11 is 0. The van der Waals surface area contributed by atoms with E-state index in [-0.39, 0.29) is 6.09 Å². The molecule has 1 saturated heterocycles. The van der Waals surface area contributed by atoms with Crippen LogP contribution in [0.1, 0.15) is 53.4 Å². The number of nitrogens with one attached hydrogen (secondary N) is 1. The summed E-state index contributed by atoms with van der Waals surface area (Å²) in [6.07, 6.45) is 4.19. The highest BCUT2D eigenvalue weighted by Gasteiger charge is 2.27. The van der Waals surface area contributed by atoms with E-state index in [2.05, 4.69) is 12.2 Å². The molecule has 0 aromatic carbocycles. The fraction of sp³-hybridized carbons (Fsp3) is 0.941. The van der Waals surface area contributed by atoms with Gasteiger partial charge in [-0.25, -0.2) is 4.79 Å². The van der Waals surface area contributed by atoms with Gasteiger partial charge in [0.05, 0.1) is 0 Å². The Kier molecular flexibility index (Phi) is 8.79. The Morgan fingerprint density at radius 3 is 2.77 bits per heavy atom. The first-order valence-corrected chi connectivity index (χ1v) is 8.68. The maximum atomic E-state index is 12.1. The zero-order chi connectivity index (χ0) is 16.4. The lowest BCUT2D eigenvalue weighted by molar-refractivity contribution is 0.0166. The molecule has 5 nitrogen and oxygen atoms in total. The molecule has 1 fully saturated rings. The van der Waals surface area contributed by atoms with E-state index in [1.54, 1.807) is 0 Å². The molecule has 1 rings (SSSR count). The first-order valence-electron chi connectivity index (χ1n) is 8.68. The molecule has 130 valence electrons. The standard InChI is InChI=1S/C17H34N2O3/c1-5-11-21-12-7-9-18-13-15-8-6-10-19(14-15)16(20)22-17(2,3)4/h15,18H,5-14H2,1-4H3. The van der Waals surface area contributed by atoms with Gasteiger partial charge in [0.15, 0.2) is 0 Å². The van der Waals surface area contributed by atoms with Crippen molar-refractivity contribution in [3.05, 3.63) is 0 Å². The van der Waals surface area contributed by atoms with Crippen LogP contribution in [0.5, 0.6) is 0 Å². The molecular weight excluding hydrogens is 280 g/mol. The van der Waals surface area contributed by atoms with Crippen LogP contribution in [0.15, 0.2) is 0 Å². The summed E-state index contributed by atoms with van der Waals surface area (Å²) < 4.78 is 10.9. The van der Waals surface area contributed by atoms with E-state index < -0.39 is 5.60 Å². The summed E-state index contributed by atoms with van der Waals surface area (Å²) in [5.41, 5.74) is -0.416. The number of ether oxygens (including phenoxy) is 2. The molecule has 1 N–H and O–H groups in total. The minimum Gasteiger partial charge on any atom is -0.444 e. The third-order valence-corrected chi connectivity index (χ3v) is 3.59. The van der Waals surface area contributed by atoms with Crippen LogP contribution < -0.4 is 5.32 Å². The van der Waals surface area contributed by atoms with E-state index in [9.17, 15) is 4.79 Å². The maximum absolute atomic E-state index is 12.1. The molecule has 0 saturated carbocycles. The average Bonchev–Trinajstić information content (AvgIpc) is 2.45. The highest BCUT2D eigenvalue weighted by molar-refractivity contribution is 5.68. The Morgan fingerprint density at radius 2 is 2.09 bits per heavy atom. The van der Waals surface area contributed by atoms with Crippen LogP contribution in [0, 0.1) is 5.92 Å². The molecule has 1 aliphatic heterocycles. The van der Waals surface area contributed by atoms with Crippen molar-refractivity contribution in [3.63, 3.8) is 0 Å². The molecule has 5 heteroatoms. The Labute approximate surface area is 135 Å². The fourth-order valence-corrected chi connectivity index (χ4v) is 2.58. The molecule has 0 aromatic heterocycles. The number of piperidine rings is 1. The van der Waals surface area contributed by atoms with E-state index in [1.807, 2.05) is 25.7 Å². The van der Waals surface area contributed by atoms with Crippen LogP contribution in [0.25, 0.3) is 0 Å². The van der Waals surface area contributed by atoms with Gasteiger partial charge in [-0.1, -0.05) is 6.92 Å². The van der Waals surface area contributed by atoms with Crippen molar-refractivity contribution in [1.82, 2.24) is 10.2 Å². The number of amides is 1. The van der Waals surface area contributed by atoms with Gasteiger partial charge in [0.25, 0.3) is 0 Å². The summed E-state index contributed by atoms with van der Waals surface area (Å²) in [5, 5.41) is 3.48. The monoisotopic (exact) mass is 314 g/mol. The average molecular weight is 314 g/mol. The summed E-state index contributed by atoms with van der Waals surface area (Å²) in [6.45, 7) is 13.1. The molecule has 1 unspecified atom stereocenters. The van der Waals surface area contributed by atoms with E-state index in [4.69, 9.17) is 9.47 Å². The molecule has 0 bridgehead atoms. The maximum Gasteiger partial charge on any atom is 0.410 e. The van der Waals surface area contributed by atoms with E-state index in [1.165, 1.54) is 6.42 Å². The van der Waals surface area contributed by atoms with Crippen molar-refractivity contribution in [3.8, 4) is 0 Å². The zero-order valence-electron chi connectivity index (χ0n) is 14.8. The van der Waals surface area contributed by atoms with Crippen LogP contribution in [0.3, 0.4) is 0 Å². The van der Waals surface area contributed by atoms with Crippen molar-refractivity contribution in [2.45, 2.75) is 59.0 Å². The summed E-state index contributed by atoms with van der Waals surface area (Å²) in [6, 6.07) is 0. The van der Waals surface area contributed by atoms with Crippen molar-refractivity contribution in [2.75, 3.05) is 39.4 Å². The van der Waals surface area contributed by atoms with Crippen molar-refractivity contribution in [2.24, 2.45) is 5.92 Å². The zero-order valence-corrected chi connectivity index (χ0v) is 14.8. The molecule has 0 aromatic rings. The largest absolute Gasteiger partial charge is 0.444 e. The van der Waals surface area contributed by atoms with Gasteiger partial charge in [-0.05, 0) is 65.5 Å². The number of hydrogen-bond acceptors (Lipinski definition) is 4. The second kappa shape index (κ2) is 10.1. The lowest BCUT2D eigenvalue weighted by atomic mass is 9.98. The van der Waals surface area contributed by atoms with Crippen LogP contribution in [0.4, 0.5) is 4.79 Å². The van der Waals surface area contributed by atoms with Crippen molar-refractivity contribution < 1.29 is 14.3 Å². The second-order valence-electron chi connectivity index (χ2n) is 7.10. The molecule has 1 amide bonds. The SMILES string of the molecule is CCCOCCCNCC1CCCN(C(=O)OC(C)(C)C)C1. The number of hydrogen-bond donors (Lipinski definition) is 1. The first-order chi connectivity index (χ1) is 10.4. The Bertz CT molecular complexity index is 316. The minimum atomic E-state index is -0.416. The Morgan fingerprint density at radius 1 is 1.32 bits per heavy atom. The third kappa shape index (κ3) is 8.59. The second-order valence-corrected chi connectivity index (χ2v) is 7.10. The highest BCUT2D eigenvalue weighted by Crippen LogP contribution is 2.18. The summed E-state index contributed by atoms with van der Waals surface area (Å²) in [7, 11) is 0. The molecule has 1 aliphatic rings. The molecule has 1 heterocycles.